The number of rotatable bonds is 11. The van der Waals surface area contributed by atoms with Crippen LogP contribution in [0.1, 0.15) is 30.9 Å². The van der Waals surface area contributed by atoms with Crippen molar-refractivity contribution in [3.8, 4) is 11.5 Å². The van der Waals surface area contributed by atoms with Crippen molar-refractivity contribution < 1.29 is 19.7 Å². The Morgan fingerprint density at radius 2 is 1.90 bits per heavy atom. The van der Waals surface area contributed by atoms with Gasteiger partial charge < -0.3 is 24.6 Å². The summed E-state index contributed by atoms with van der Waals surface area (Å²) in [6, 6.07) is 9.86. The number of hydrogen-bond acceptors (Lipinski definition) is 7. The maximum absolute atomic E-state index is 10.5. The van der Waals surface area contributed by atoms with Gasteiger partial charge in [0.1, 0.15) is 24.2 Å². The molecule has 170 valence electrons. The van der Waals surface area contributed by atoms with E-state index in [4.69, 9.17) is 9.47 Å². The molecule has 2 heterocycles. The Labute approximate surface area is 185 Å². The summed E-state index contributed by atoms with van der Waals surface area (Å²) in [4.78, 5) is 8.60. The van der Waals surface area contributed by atoms with Crippen LogP contribution >= 0.6 is 0 Å². The number of pyridine rings is 1. The normalized spacial score (nSPS) is 16.4. The van der Waals surface area contributed by atoms with Crippen molar-refractivity contribution >= 4 is 0 Å². The van der Waals surface area contributed by atoms with Crippen LogP contribution in [-0.2, 0) is 13.1 Å². The summed E-state index contributed by atoms with van der Waals surface area (Å²) in [5.41, 5.74) is 2.24. The number of aliphatic hydroxyl groups is 2. The van der Waals surface area contributed by atoms with Gasteiger partial charge in [-0.2, -0.15) is 0 Å². The lowest BCUT2D eigenvalue weighted by Crippen LogP contribution is -2.41. The molecule has 0 unspecified atom stereocenters. The van der Waals surface area contributed by atoms with E-state index in [1.165, 1.54) is 5.56 Å². The molecular weight excluding hydrogens is 394 g/mol. The van der Waals surface area contributed by atoms with Crippen molar-refractivity contribution in [2.24, 2.45) is 0 Å². The summed E-state index contributed by atoms with van der Waals surface area (Å²) in [5.74, 6) is 1.55. The Kier molecular flexibility index (Phi) is 9.09. The van der Waals surface area contributed by atoms with Crippen molar-refractivity contribution in [3.63, 3.8) is 0 Å². The molecule has 1 aromatic carbocycles. The molecule has 2 N–H and O–H groups in total. The zero-order valence-electron chi connectivity index (χ0n) is 18.6. The first kappa shape index (κ1) is 23.5. The fraction of sp³-hybridized carbons (Fsp3) is 0.542. The van der Waals surface area contributed by atoms with Gasteiger partial charge in [0.25, 0.3) is 0 Å². The molecule has 0 saturated carbocycles. The van der Waals surface area contributed by atoms with Crippen LogP contribution in [0.2, 0.25) is 0 Å². The van der Waals surface area contributed by atoms with E-state index in [1.54, 1.807) is 7.11 Å². The van der Waals surface area contributed by atoms with Crippen LogP contribution < -0.4 is 9.47 Å². The highest BCUT2D eigenvalue weighted by Crippen LogP contribution is 2.26. The molecule has 7 nitrogen and oxygen atoms in total. The third-order valence-electron chi connectivity index (χ3n) is 5.72. The Hall–Kier alpha value is -2.19. The first-order valence-corrected chi connectivity index (χ1v) is 11.1. The number of hydrogen-bond donors (Lipinski definition) is 2. The molecule has 1 fully saturated rings. The van der Waals surface area contributed by atoms with Crippen molar-refractivity contribution in [3.05, 3.63) is 53.9 Å². The first-order valence-electron chi connectivity index (χ1n) is 11.1. The molecule has 0 spiro atoms. The van der Waals surface area contributed by atoms with Gasteiger partial charge in [-0.25, -0.2) is 0 Å². The van der Waals surface area contributed by atoms with Gasteiger partial charge in [-0.3, -0.25) is 9.88 Å². The summed E-state index contributed by atoms with van der Waals surface area (Å²) in [5, 5.41) is 20.1. The van der Waals surface area contributed by atoms with Gasteiger partial charge in [-0.1, -0.05) is 6.92 Å². The zero-order valence-corrected chi connectivity index (χ0v) is 18.6. The molecule has 1 aromatic heterocycles. The van der Waals surface area contributed by atoms with Crippen LogP contribution in [0.3, 0.4) is 0 Å². The number of β-amino-alcohol motifs (C(OH)–C–C–N with tert-alkyl or cyclic N) is 1. The average Bonchev–Trinajstić information content (AvgIpc) is 2.80. The van der Waals surface area contributed by atoms with E-state index in [-0.39, 0.29) is 12.7 Å². The van der Waals surface area contributed by atoms with Crippen molar-refractivity contribution in [2.45, 2.75) is 45.1 Å². The number of benzene rings is 1. The van der Waals surface area contributed by atoms with E-state index in [0.717, 1.165) is 56.1 Å². The minimum absolute atomic E-state index is 0.208. The van der Waals surface area contributed by atoms with E-state index in [0.29, 0.717) is 13.1 Å². The van der Waals surface area contributed by atoms with Crippen molar-refractivity contribution in [2.75, 3.05) is 39.9 Å². The highest BCUT2D eigenvalue weighted by Gasteiger charge is 2.20. The Bertz CT molecular complexity index is 782. The molecule has 0 amide bonds. The second kappa shape index (κ2) is 12.0. The molecule has 2 aromatic rings. The number of piperidine rings is 1. The highest BCUT2D eigenvalue weighted by atomic mass is 16.5. The van der Waals surface area contributed by atoms with E-state index in [2.05, 4.69) is 21.7 Å². The predicted octanol–water partition coefficient (Wildman–Crippen LogP) is 2.31. The third kappa shape index (κ3) is 7.47. The summed E-state index contributed by atoms with van der Waals surface area (Å²) in [6.45, 7) is 6.98. The smallest absolute Gasteiger partial charge is 0.124 e. The van der Waals surface area contributed by atoms with Crippen LogP contribution in [0.15, 0.2) is 42.7 Å². The van der Waals surface area contributed by atoms with Gasteiger partial charge in [0.15, 0.2) is 0 Å². The standard InChI is InChI=1S/C24H35N3O4/c1-3-26(15-19-6-10-25-11-7-19)16-20-14-23(30-2)4-5-24(20)31-18-22(29)17-27-12-8-21(28)9-13-27/h4-7,10-11,14,21-22,28-29H,3,8-9,12-13,15-18H2,1-2H3/t22-/m0/s1. The molecule has 0 aliphatic carbocycles. The van der Waals surface area contributed by atoms with Crippen LogP contribution in [0.5, 0.6) is 11.5 Å². The van der Waals surface area contributed by atoms with Crippen LogP contribution in [0, 0.1) is 0 Å². The Morgan fingerprint density at radius 3 is 2.58 bits per heavy atom. The van der Waals surface area contributed by atoms with Crippen LogP contribution in [-0.4, -0.2) is 77.1 Å². The van der Waals surface area contributed by atoms with Gasteiger partial charge in [0.05, 0.1) is 13.2 Å². The Balaban J connectivity index is 1.60. The lowest BCUT2D eigenvalue weighted by molar-refractivity contribution is 0.0335. The number of aromatic nitrogens is 1. The molecule has 0 bridgehead atoms. The number of likely N-dealkylation sites (tertiary alicyclic amines) is 1. The highest BCUT2D eigenvalue weighted by molar-refractivity contribution is 5.40. The maximum atomic E-state index is 10.5. The molecule has 1 saturated heterocycles. The minimum Gasteiger partial charge on any atom is -0.497 e. The van der Waals surface area contributed by atoms with E-state index < -0.39 is 6.10 Å². The molecule has 3 rings (SSSR count). The molecule has 1 atom stereocenters. The SMILES string of the molecule is CCN(Cc1ccncc1)Cc1cc(OC)ccc1OC[C@@H](O)CN1CCC(O)CC1. The second-order valence-corrected chi connectivity index (χ2v) is 8.13. The zero-order chi connectivity index (χ0) is 22.1. The number of methoxy groups -OCH3 is 1. The molecule has 1 aliphatic heterocycles. The maximum Gasteiger partial charge on any atom is 0.124 e. The number of nitrogens with zero attached hydrogens (tertiary/aromatic N) is 3. The minimum atomic E-state index is -0.579. The summed E-state index contributed by atoms with van der Waals surface area (Å²) < 4.78 is 11.5. The van der Waals surface area contributed by atoms with Crippen molar-refractivity contribution in [1.29, 1.82) is 0 Å². The van der Waals surface area contributed by atoms with Gasteiger partial charge in [0, 0.05) is 50.7 Å². The topological polar surface area (TPSA) is 78.3 Å². The van der Waals surface area contributed by atoms with E-state index >= 15 is 0 Å². The number of aliphatic hydroxyl groups excluding tert-OH is 2. The molecule has 0 radical (unpaired) electrons. The van der Waals surface area contributed by atoms with E-state index in [1.807, 2.05) is 42.7 Å². The quantitative estimate of drug-likeness (QED) is 0.568. The molecule has 7 heteroatoms. The lowest BCUT2D eigenvalue weighted by Gasteiger charge is -2.31. The first-order chi connectivity index (χ1) is 15.1. The predicted molar refractivity (Wildman–Crippen MR) is 120 cm³/mol. The van der Waals surface area contributed by atoms with E-state index in [9.17, 15) is 10.2 Å². The largest absolute Gasteiger partial charge is 0.497 e. The summed E-state index contributed by atoms with van der Waals surface area (Å²) >= 11 is 0. The van der Waals surface area contributed by atoms with Crippen LogP contribution in [0.4, 0.5) is 0 Å². The number of ether oxygens (including phenoxy) is 2. The molecule has 1 aliphatic rings. The van der Waals surface area contributed by atoms with Crippen molar-refractivity contribution in [1.82, 2.24) is 14.8 Å². The average molecular weight is 430 g/mol. The van der Waals surface area contributed by atoms with Gasteiger partial charge in [0.2, 0.25) is 0 Å². The van der Waals surface area contributed by atoms with Crippen LogP contribution in [0.25, 0.3) is 0 Å². The second-order valence-electron chi connectivity index (χ2n) is 8.13. The monoisotopic (exact) mass is 429 g/mol. The lowest BCUT2D eigenvalue weighted by atomic mass is 10.1. The van der Waals surface area contributed by atoms with Gasteiger partial charge >= 0.3 is 0 Å². The third-order valence-corrected chi connectivity index (χ3v) is 5.72. The fourth-order valence-electron chi connectivity index (χ4n) is 3.85. The molecular formula is C24H35N3O4. The van der Waals surface area contributed by atoms with Gasteiger partial charge in [-0.15, -0.1) is 0 Å². The van der Waals surface area contributed by atoms with Gasteiger partial charge in [-0.05, 0) is 55.3 Å². The summed E-state index contributed by atoms with van der Waals surface area (Å²) in [6.07, 6.45) is 4.37. The molecule has 31 heavy (non-hydrogen) atoms. The fourth-order valence-corrected chi connectivity index (χ4v) is 3.85. The summed E-state index contributed by atoms with van der Waals surface area (Å²) in [7, 11) is 1.66. The Morgan fingerprint density at radius 1 is 1.16 bits per heavy atom.